The van der Waals surface area contributed by atoms with Crippen molar-refractivity contribution in [1.29, 1.82) is 0 Å². The number of aromatic nitrogens is 2. The highest BCUT2D eigenvalue weighted by Crippen LogP contribution is 2.40. The highest BCUT2D eigenvalue weighted by molar-refractivity contribution is 6.33. The summed E-state index contributed by atoms with van der Waals surface area (Å²) in [7, 11) is 4.22. The summed E-state index contributed by atoms with van der Waals surface area (Å²) in [5.41, 5.74) is 2.32. The molecule has 0 spiro atoms. The second-order valence-electron chi connectivity index (χ2n) is 14.9. The zero-order valence-electron chi connectivity index (χ0n) is 34.1. The van der Waals surface area contributed by atoms with Crippen molar-refractivity contribution in [1.82, 2.24) is 34.9 Å². The first-order valence-corrected chi connectivity index (χ1v) is 20.8. The van der Waals surface area contributed by atoms with Gasteiger partial charge in [-0.15, -0.1) is 0 Å². The van der Waals surface area contributed by atoms with Gasteiger partial charge in [-0.1, -0.05) is 48.0 Å². The lowest BCUT2D eigenvalue weighted by molar-refractivity contribution is -0.384. The minimum absolute atomic E-state index is 0.0789. The number of hydrogen-bond donors (Lipinski definition) is 3. The summed E-state index contributed by atoms with van der Waals surface area (Å²) in [5, 5.41) is 34.7. The minimum atomic E-state index is -0.487. The molecule has 3 N–H and O–H groups in total. The molecule has 6 heterocycles. The normalized spacial score (nSPS) is 18.4. The summed E-state index contributed by atoms with van der Waals surface area (Å²) in [6.07, 6.45) is 0. The zero-order valence-corrected chi connectivity index (χ0v) is 34.9. The molecule has 2 aromatic carbocycles. The topological polar surface area (TPSA) is 183 Å². The van der Waals surface area contributed by atoms with Crippen molar-refractivity contribution in [3.05, 3.63) is 73.9 Å². The number of likely N-dealkylation sites (N-methyl/N-ethyl adjacent to an activating group) is 2. The zero-order chi connectivity index (χ0) is 41.6. The molecule has 8 rings (SSSR count). The van der Waals surface area contributed by atoms with Gasteiger partial charge < -0.3 is 40.1 Å². The summed E-state index contributed by atoms with van der Waals surface area (Å²) in [4.78, 5) is 42.7. The van der Waals surface area contributed by atoms with Crippen LogP contribution in [-0.2, 0) is 9.47 Å². The number of morpholine rings is 2. The van der Waals surface area contributed by atoms with E-state index in [9.17, 15) is 20.2 Å². The number of ether oxygens (including phenoxy) is 2. The van der Waals surface area contributed by atoms with E-state index < -0.39 is 4.92 Å². The molecule has 4 aliphatic rings. The van der Waals surface area contributed by atoms with E-state index in [4.69, 9.17) is 26.1 Å². The summed E-state index contributed by atoms with van der Waals surface area (Å²) in [6, 6.07) is 14.9. The van der Waals surface area contributed by atoms with Crippen LogP contribution in [0.4, 0.5) is 28.6 Å². The van der Waals surface area contributed by atoms with Crippen molar-refractivity contribution in [2.24, 2.45) is 0 Å². The second kappa shape index (κ2) is 22.2. The number of piperazine rings is 2. The molecule has 320 valence electrons. The van der Waals surface area contributed by atoms with Crippen LogP contribution >= 0.6 is 11.6 Å². The monoisotopic (exact) mass is 836 g/mol. The molecule has 4 saturated heterocycles. The van der Waals surface area contributed by atoms with Crippen LogP contribution in [0.15, 0.2) is 48.5 Å². The third kappa shape index (κ3) is 12.3. The third-order valence-electron chi connectivity index (χ3n) is 10.8. The summed E-state index contributed by atoms with van der Waals surface area (Å²) in [5.74, 6) is 0.468. The average Bonchev–Trinajstić information content (AvgIpc) is 3.25. The number of para-hydroxylation sites is 2. The number of anilines is 3. The van der Waals surface area contributed by atoms with Gasteiger partial charge in [-0.25, -0.2) is 9.97 Å². The smallest absolute Gasteiger partial charge is 0.335 e. The molecule has 0 atom stereocenters. The molecule has 0 radical (unpaired) electrons. The first-order valence-electron chi connectivity index (χ1n) is 20.4. The molecular weight excluding hydrogens is 780 g/mol. The van der Waals surface area contributed by atoms with Crippen molar-refractivity contribution in [2.75, 3.05) is 161 Å². The maximum Gasteiger partial charge on any atom is 0.335 e. The molecule has 19 heteroatoms. The molecule has 4 aromatic rings. The predicted octanol–water partition coefficient (Wildman–Crippen LogP) is 3.70. The van der Waals surface area contributed by atoms with E-state index in [1.807, 2.05) is 47.4 Å². The van der Waals surface area contributed by atoms with Crippen LogP contribution in [0, 0.1) is 20.2 Å². The van der Waals surface area contributed by atoms with E-state index in [0.29, 0.717) is 41.2 Å². The van der Waals surface area contributed by atoms with E-state index in [2.05, 4.69) is 54.6 Å². The van der Waals surface area contributed by atoms with Crippen LogP contribution in [0.25, 0.3) is 21.8 Å². The highest BCUT2D eigenvalue weighted by atomic mass is 35.5. The molecule has 0 saturated carbocycles. The molecule has 18 nitrogen and oxygen atoms in total. The number of nitrogens with one attached hydrogen (secondary N) is 3. The van der Waals surface area contributed by atoms with E-state index in [-0.39, 0.29) is 21.5 Å². The van der Waals surface area contributed by atoms with Gasteiger partial charge in [0.2, 0.25) is 11.0 Å². The van der Waals surface area contributed by atoms with Crippen LogP contribution < -0.4 is 20.9 Å². The molecule has 4 aliphatic heterocycles. The Hall–Kier alpha value is -4.53. The lowest BCUT2D eigenvalue weighted by Crippen LogP contribution is -2.45. The maximum absolute atomic E-state index is 12.1. The van der Waals surface area contributed by atoms with Crippen molar-refractivity contribution in [3.8, 4) is 0 Å². The van der Waals surface area contributed by atoms with Crippen LogP contribution in [0.5, 0.6) is 0 Å². The third-order valence-corrected chi connectivity index (χ3v) is 11.1. The van der Waals surface area contributed by atoms with Crippen LogP contribution in [-0.4, -0.2) is 185 Å². The van der Waals surface area contributed by atoms with Crippen molar-refractivity contribution < 1.29 is 19.3 Å². The van der Waals surface area contributed by atoms with Gasteiger partial charge in [0.05, 0.1) is 47.3 Å². The molecule has 0 bridgehead atoms. The van der Waals surface area contributed by atoms with Crippen LogP contribution in [0.3, 0.4) is 0 Å². The van der Waals surface area contributed by atoms with E-state index in [1.165, 1.54) is 13.1 Å². The number of halogens is 1. The molecule has 2 aromatic heterocycles. The Morgan fingerprint density at radius 3 is 1.59 bits per heavy atom. The predicted molar refractivity (Wildman–Crippen MR) is 233 cm³/mol. The number of nitrogens with zero attached hydrogens (tertiary/aromatic N) is 9. The van der Waals surface area contributed by atoms with E-state index in [1.54, 1.807) is 6.07 Å². The summed E-state index contributed by atoms with van der Waals surface area (Å²) >= 11 is 6.01. The molecule has 4 fully saturated rings. The van der Waals surface area contributed by atoms with Gasteiger partial charge in [-0.05, 0) is 26.2 Å². The van der Waals surface area contributed by atoms with Crippen LogP contribution in [0.1, 0.15) is 0 Å². The van der Waals surface area contributed by atoms with Gasteiger partial charge >= 0.3 is 11.4 Å². The summed E-state index contributed by atoms with van der Waals surface area (Å²) < 4.78 is 10.7. The van der Waals surface area contributed by atoms with Crippen LogP contribution in [0.2, 0.25) is 5.15 Å². The Balaban J connectivity index is 0.000000173. The molecule has 0 unspecified atom stereocenters. The fourth-order valence-corrected chi connectivity index (χ4v) is 7.66. The van der Waals surface area contributed by atoms with E-state index in [0.717, 1.165) is 116 Å². The maximum atomic E-state index is 12.1. The highest BCUT2D eigenvalue weighted by Gasteiger charge is 2.30. The van der Waals surface area contributed by atoms with Gasteiger partial charge in [-0.2, -0.15) is 0 Å². The van der Waals surface area contributed by atoms with Gasteiger partial charge in [0.15, 0.2) is 0 Å². The van der Waals surface area contributed by atoms with E-state index >= 15 is 0 Å². The van der Waals surface area contributed by atoms with Crippen molar-refractivity contribution >= 4 is 62.0 Å². The molecule has 0 amide bonds. The lowest BCUT2D eigenvalue weighted by atomic mass is 10.1. The molecule has 0 aliphatic carbocycles. The number of pyridine rings is 2. The minimum Gasteiger partial charge on any atom is -0.379 e. The summed E-state index contributed by atoms with van der Waals surface area (Å²) in [6.45, 7) is 17.3. The Morgan fingerprint density at radius 2 is 1.12 bits per heavy atom. The Bertz CT molecular complexity index is 1990. The standard InChI is InChI=1S/C20H28N6O3.C15H17ClN4O3.C5H12N2/c1-23-8-10-25(11-9-23)20-19(26(27)28)18(16-4-2-3-5-17(16)22-20)21-6-7-24-12-14-29-15-13-24;16-15-14(20(21)22)13(11-3-1-2-4-12(11)18-15)17-5-6-19-7-9-23-10-8-19;1-7-4-2-6-3-5-7/h2-5H,6-15H2,1H3,(H,21,22);1-4H,5-10H2,(H,17,18);6H,2-5H2,1H3. The Morgan fingerprint density at radius 1 is 0.661 bits per heavy atom. The van der Waals surface area contributed by atoms with Crippen molar-refractivity contribution in [2.45, 2.75) is 0 Å². The van der Waals surface area contributed by atoms with Gasteiger partial charge in [-0.3, -0.25) is 30.0 Å². The fourth-order valence-electron chi connectivity index (χ4n) is 7.40. The number of rotatable bonds is 11. The first kappa shape index (κ1) is 44.0. The van der Waals surface area contributed by atoms with Crippen molar-refractivity contribution in [3.63, 3.8) is 0 Å². The number of fused-ring (bicyclic) bond motifs is 2. The first-order chi connectivity index (χ1) is 28.7. The number of hydrogen-bond acceptors (Lipinski definition) is 16. The largest absolute Gasteiger partial charge is 0.379 e. The molecule has 59 heavy (non-hydrogen) atoms. The number of nitro groups is 2. The van der Waals surface area contributed by atoms with Gasteiger partial charge in [0, 0.05) is 115 Å². The fraction of sp³-hybridized carbons (Fsp3) is 0.550. The van der Waals surface area contributed by atoms with Gasteiger partial charge in [0.1, 0.15) is 11.4 Å². The molecular formula is C40H57ClN12O6. The van der Waals surface area contributed by atoms with Gasteiger partial charge in [0.25, 0.3) is 0 Å². The average molecular weight is 837 g/mol. The Labute approximate surface area is 350 Å². The SMILES string of the molecule is CN1CCN(c2nc3ccccc3c(NCCN3CCOCC3)c2[N+](=O)[O-])CC1.CN1CCNCC1.O=[N+]([O-])c1c(Cl)nc2ccccc2c1NCCN1CCOCC1. The second-order valence-corrected chi connectivity index (χ2v) is 15.3. The lowest BCUT2D eigenvalue weighted by Gasteiger charge is -2.33. The Kier molecular flexibility index (Phi) is 16.6. The number of benzene rings is 2. The quantitative estimate of drug-likeness (QED) is 0.113.